The van der Waals surface area contributed by atoms with E-state index in [1.165, 1.54) is 5.56 Å². The predicted octanol–water partition coefficient (Wildman–Crippen LogP) is 1.47. The summed E-state index contributed by atoms with van der Waals surface area (Å²) in [5.41, 5.74) is 1.18. The van der Waals surface area contributed by atoms with Crippen molar-refractivity contribution in [1.29, 1.82) is 0 Å². The highest BCUT2D eigenvalue weighted by atomic mass is 16.5. The van der Waals surface area contributed by atoms with Gasteiger partial charge in [-0.05, 0) is 31.0 Å². The summed E-state index contributed by atoms with van der Waals surface area (Å²) in [5.74, 6) is 2.16. The van der Waals surface area contributed by atoms with Crippen molar-refractivity contribution in [3.63, 3.8) is 0 Å². The van der Waals surface area contributed by atoms with Crippen LogP contribution in [0.15, 0.2) is 18.2 Å². The SMILES string of the molecule is COc1ccc2c(c1)OC[C@@H](CNC(=O)CCCN1CCOCC1)C2. The number of carbonyl (C=O) groups is 1. The van der Waals surface area contributed by atoms with Crippen molar-refractivity contribution in [3.8, 4) is 11.5 Å². The van der Waals surface area contributed by atoms with E-state index in [0.717, 1.165) is 57.2 Å². The van der Waals surface area contributed by atoms with Crippen LogP contribution in [0.4, 0.5) is 0 Å². The first-order chi connectivity index (χ1) is 12.2. The van der Waals surface area contributed by atoms with Crippen LogP contribution >= 0.6 is 0 Å². The Morgan fingerprint density at radius 1 is 1.36 bits per heavy atom. The molecule has 2 aliphatic heterocycles. The Morgan fingerprint density at radius 2 is 2.20 bits per heavy atom. The molecule has 0 saturated carbocycles. The molecule has 1 aromatic rings. The topological polar surface area (TPSA) is 60.0 Å². The van der Waals surface area contributed by atoms with Gasteiger partial charge in [-0.15, -0.1) is 0 Å². The third-order valence-corrected chi connectivity index (χ3v) is 4.83. The number of ether oxygens (including phenoxy) is 3. The molecule has 0 spiro atoms. The normalized spacial score (nSPS) is 20.4. The van der Waals surface area contributed by atoms with E-state index in [9.17, 15) is 4.79 Å². The third-order valence-electron chi connectivity index (χ3n) is 4.83. The highest BCUT2D eigenvalue weighted by Gasteiger charge is 2.21. The molecule has 2 heterocycles. The minimum atomic E-state index is 0.133. The fourth-order valence-electron chi connectivity index (χ4n) is 3.31. The number of methoxy groups -OCH3 is 1. The number of fused-ring (bicyclic) bond motifs is 1. The number of nitrogens with one attached hydrogen (secondary N) is 1. The summed E-state index contributed by atoms with van der Waals surface area (Å²) in [6.45, 7) is 5.84. The Hall–Kier alpha value is -1.79. The zero-order valence-corrected chi connectivity index (χ0v) is 15.0. The molecule has 138 valence electrons. The maximum atomic E-state index is 12.0. The molecule has 2 aliphatic rings. The molecule has 0 aliphatic carbocycles. The Bertz CT molecular complexity index is 573. The minimum Gasteiger partial charge on any atom is -0.497 e. The van der Waals surface area contributed by atoms with Gasteiger partial charge in [0, 0.05) is 38.0 Å². The van der Waals surface area contributed by atoms with Crippen molar-refractivity contribution in [2.75, 3.05) is 53.1 Å². The molecule has 1 fully saturated rings. The molecule has 0 radical (unpaired) electrons. The van der Waals surface area contributed by atoms with Crippen LogP contribution in [0.5, 0.6) is 11.5 Å². The lowest BCUT2D eigenvalue weighted by atomic mass is 9.96. The van der Waals surface area contributed by atoms with E-state index in [0.29, 0.717) is 25.5 Å². The highest BCUT2D eigenvalue weighted by molar-refractivity contribution is 5.75. The van der Waals surface area contributed by atoms with Crippen molar-refractivity contribution in [3.05, 3.63) is 23.8 Å². The fourth-order valence-corrected chi connectivity index (χ4v) is 3.31. The summed E-state index contributed by atoms with van der Waals surface area (Å²) in [4.78, 5) is 14.4. The van der Waals surface area contributed by atoms with Crippen LogP contribution < -0.4 is 14.8 Å². The van der Waals surface area contributed by atoms with Gasteiger partial charge < -0.3 is 19.5 Å². The molecule has 0 aromatic heterocycles. The van der Waals surface area contributed by atoms with Crippen LogP contribution in [0.3, 0.4) is 0 Å². The number of hydrogen-bond acceptors (Lipinski definition) is 5. The quantitative estimate of drug-likeness (QED) is 0.809. The first-order valence-corrected chi connectivity index (χ1v) is 9.11. The maximum Gasteiger partial charge on any atom is 0.220 e. The van der Waals surface area contributed by atoms with Crippen molar-refractivity contribution < 1.29 is 19.0 Å². The largest absolute Gasteiger partial charge is 0.497 e. The molecule has 1 saturated heterocycles. The Morgan fingerprint density at radius 3 is 3.00 bits per heavy atom. The van der Waals surface area contributed by atoms with Crippen molar-refractivity contribution in [1.82, 2.24) is 10.2 Å². The van der Waals surface area contributed by atoms with Crippen LogP contribution in [0.2, 0.25) is 0 Å². The number of amides is 1. The van der Waals surface area contributed by atoms with Crippen LogP contribution in [-0.2, 0) is 16.0 Å². The Labute approximate surface area is 149 Å². The average molecular weight is 348 g/mol. The molecule has 6 heteroatoms. The van der Waals surface area contributed by atoms with E-state index >= 15 is 0 Å². The summed E-state index contributed by atoms with van der Waals surface area (Å²) >= 11 is 0. The van der Waals surface area contributed by atoms with Gasteiger partial charge in [-0.2, -0.15) is 0 Å². The first-order valence-electron chi connectivity index (χ1n) is 9.11. The van der Waals surface area contributed by atoms with Gasteiger partial charge in [-0.1, -0.05) is 6.07 Å². The van der Waals surface area contributed by atoms with Gasteiger partial charge in [0.2, 0.25) is 5.91 Å². The predicted molar refractivity (Wildman–Crippen MR) is 95.2 cm³/mol. The molecule has 1 N–H and O–H groups in total. The Balaban J connectivity index is 1.35. The lowest BCUT2D eigenvalue weighted by Crippen LogP contribution is -2.38. The molecule has 1 amide bonds. The van der Waals surface area contributed by atoms with Crippen molar-refractivity contribution in [2.45, 2.75) is 19.3 Å². The number of morpholine rings is 1. The molecule has 25 heavy (non-hydrogen) atoms. The van der Waals surface area contributed by atoms with Gasteiger partial charge >= 0.3 is 0 Å². The van der Waals surface area contributed by atoms with Gasteiger partial charge in [-0.3, -0.25) is 9.69 Å². The van der Waals surface area contributed by atoms with Crippen molar-refractivity contribution >= 4 is 5.91 Å². The lowest BCUT2D eigenvalue weighted by Gasteiger charge is -2.27. The first kappa shape index (κ1) is 18.0. The summed E-state index contributed by atoms with van der Waals surface area (Å²) in [6.07, 6.45) is 2.40. The fraction of sp³-hybridized carbons (Fsp3) is 0.632. The summed E-state index contributed by atoms with van der Waals surface area (Å²) in [5, 5.41) is 3.06. The standard InChI is InChI=1S/C19H28N2O4/c1-23-17-5-4-16-11-15(14-25-18(16)12-17)13-20-19(22)3-2-6-21-7-9-24-10-8-21/h4-5,12,15H,2-3,6-11,13-14H2,1H3,(H,20,22)/t15-/m1/s1. The van der Waals surface area contributed by atoms with Gasteiger partial charge in [0.05, 0.1) is 26.9 Å². The van der Waals surface area contributed by atoms with Gasteiger partial charge in [0.15, 0.2) is 0 Å². The minimum absolute atomic E-state index is 0.133. The van der Waals surface area contributed by atoms with Gasteiger partial charge in [0.25, 0.3) is 0 Å². The molecule has 3 rings (SSSR count). The second kappa shape index (κ2) is 9.06. The molecule has 0 bridgehead atoms. The third kappa shape index (κ3) is 5.34. The smallest absolute Gasteiger partial charge is 0.220 e. The second-order valence-electron chi connectivity index (χ2n) is 6.72. The van der Waals surface area contributed by atoms with Crippen LogP contribution in [0.1, 0.15) is 18.4 Å². The summed E-state index contributed by atoms with van der Waals surface area (Å²) < 4.78 is 16.4. The number of hydrogen-bond donors (Lipinski definition) is 1. The van der Waals surface area contributed by atoms with E-state index in [1.54, 1.807) is 7.11 Å². The van der Waals surface area contributed by atoms with Crippen molar-refractivity contribution in [2.24, 2.45) is 5.92 Å². The second-order valence-corrected chi connectivity index (χ2v) is 6.72. The molecule has 0 unspecified atom stereocenters. The molecular formula is C19H28N2O4. The van der Waals surface area contributed by atoms with Gasteiger partial charge in [-0.25, -0.2) is 0 Å². The number of benzene rings is 1. The molecule has 6 nitrogen and oxygen atoms in total. The van der Waals surface area contributed by atoms with Gasteiger partial charge in [0.1, 0.15) is 11.5 Å². The van der Waals surface area contributed by atoms with E-state index in [2.05, 4.69) is 10.2 Å². The summed E-state index contributed by atoms with van der Waals surface area (Å²) in [7, 11) is 1.65. The summed E-state index contributed by atoms with van der Waals surface area (Å²) in [6, 6.07) is 5.93. The zero-order chi connectivity index (χ0) is 17.5. The van der Waals surface area contributed by atoms with E-state index < -0.39 is 0 Å². The van der Waals surface area contributed by atoms with Crippen LogP contribution in [-0.4, -0.2) is 63.9 Å². The maximum absolute atomic E-state index is 12.0. The van der Waals surface area contributed by atoms with E-state index in [4.69, 9.17) is 14.2 Å². The number of rotatable bonds is 7. The molecular weight excluding hydrogens is 320 g/mol. The average Bonchev–Trinajstić information content (AvgIpc) is 2.66. The van der Waals surface area contributed by atoms with Crippen LogP contribution in [0, 0.1) is 5.92 Å². The molecule has 1 atom stereocenters. The molecule has 1 aromatic carbocycles. The lowest BCUT2D eigenvalue weighted by molar-refractivity contribution is -0.121. The van der Waals surface area contributed by atoms with E-state index in [1.807, 2.05) is 18.2 Å². The monoisotopic (exact) mass is 348 g/mol. The zero-order valence-electron chi connectivity index (χ0n) is 15.0. The Kier molecular flexibility index (Phi) is 6.53. The van der Waals surface area contributed by atoms with Crippen LogP contribution in [0.25, 0.3) is 0 Å². The number of carbonyl (C=O) groups excluding carboxylic acids is 1. The van der Waals surface area contributed by atoms with E-state index in [-0.39, 0.29) is 5.91 Å². The highest BCUT2D eigenvalue weighted by Crippen LogP contribution is 2.30. The number of nitrogens with zero attached hydrogens (tertiary/aromatic N) is 1.